The predicted molar refractivity (Wildman–Crippen MR) is 79.9 cm³/mol. The van der Waals surface area contributed by atoms with E-state index in [1.54, 1.807) is 13.0 Å². The molecule has 0 atom stereocenters. The number of hydrogen-bond donors (Lipinski definition) is 2. The van der Waals surface area contributed by atoms with Crippen molar-refractivity contribution >= 4 is 39.2 Å². The minimum absolute atomic E-state index is 0.0756. The second-order valence-electron chi connectivity index (χ2n) is 4.16. The molecule has 0 unspecified atom stereocenters. The maximum Gasteiger partial charge on any atom is 0.288 e. The van der Waals surface area contributed by atoms with Gasteiger partial charge in [0.15, 0.2) is 0 Å². The maximum absolute atomic E-state index is 12.1. The molecule has 0 aliphatic heterocycles. The Balaban J connectivity index is 2.32. The number of aryl methyl sites for hydroxylation is 1. The van der Waals surface area contributed by atoms with Gasteiger partial charge in [0.1, 0.15) is 17.8 Å². The van der Waals surface area contributed by atoms with Crippen LogP contribution in [-0.4, -0.2) is 20.8 Å². The van der Waals surface area contributed by atoms with Crippen molar-refractivity contribution < 1.29 is 9.72 Å². The average Bonchev–Trinajstić information content (AvgIpc) is 2.42. The summed E-state index contributed by atoms with van der Waals surface area (Å²) in [6, 6.07) is 2.85. The number of nitrogens with two attached hydrogens (primary N) is 1. The monoisotopic (exact) mass is 351 g/mol. The van der Waals surface area contributed by atoms with Gasteiger partial charge in [-0.05, 0) is 34.5 Å². The van der Waals surface area contributed by atoms with Crippen molar-refractivity contribution in [3.8, 4) is 0 Å². The Morgan fingerprint density at radius 2 is 2.10 bits per heavy atom. The molecular formula is C12H10BrN5O3. The van der Waals surface area contributed by atoms with Crippen LogP contribution in [0.3, 0.4) is 0 Å². The Bertz CT molecular complexity index is 735. The lowest BCUT2D eigenvalue weighted by Gasteiger charge is -2.08. The van der Waals surface area contributed by atoms with E-state index in [2.05, 4.69) is 31.2 Å². The van der Waals surface area contributed by atoms with Crippen LogP contribution in [0.25, 0.3) is 0 Å². The molecule has 2 aromatic heterocycles. The highest BCUT2D eigenvalue weighted by Gasteiger charge is 2.17. The molecule has 0 aromatic carbocycles. The van der Waals surface area contributed by atoms with Crippen LogP contribution < -0.4 is 11.1 Å². The minimum atomic E-state index is -0.646. The summed E-state index contributed by atoms with van der Waals surface area (Å²) in [5.41, 5.74) is 5.93. The second kappa shape index (κ2) is 5.83. The van der Waals surface area contributed by atoms with E-state index in [1.165, 1.54) is 6.20 Å². The summed E-state index contributed by atoms with van der Waals surface area (Å²) in [5, 5.41) is 13.3. The number of halogens is 1. The smallest absolute Gasteiger partial charge is 0.288 e. The number of aromatic nitrogens is 2. The highest BCUT2D eigenvalue weighted by molar-refractivity contribution is 9.10. The predicted octanol–water partition coefficient (Wildman–Crippen LogP) is 2.29. The van der Waals surface area contributed by atoms with E-state index in [0.717, 1.165) is 22.3 Å². The van der Waals surface area contributed by atoms with E-state index in [1.807, 2.05) is 0 Å². The molecule has 0 fully saturated rings. The van der Waals surface area contributed by atoms with Gasteiger partial charge in [-0.15, -0.1) is 0 Å². The largest absolute Gasteiger partial charge is 0.383 e. The zero-order valence-corrected chi connectivity index (χ0v) is 12.4. The first-order valence-corrected chi connectivity index (χ1v) is 6.51. The number of rotatable bonds is 3. The molecule has 0 saturated heterocycles. The number of carbonyl (C=O) groups is 1. The lowest BCUT2D eigenvalue weighted by atomic mass is 10.2. The van der Waals surface area contributed by atoms with Crippen LogP contribution in [0.2, 0.25) is 0 Å². The van der Waals surface area contributed by atoms with Gasteiger partial charge in [-0.1, -0.05) is 0 Å². The first kappa shape index (κ1) is 14.9. The Morgan fingerprint density at radius 3 is 2.71 bits per heavy atom. The van der Waals surface area contributed by atoms with Gasteiger partial charge in [0.05, 0.1) is 10.5 Å². The molecule has 108 valence electrons. The van der Waals surface area contributed by atoms with E-state index in [4.69, 9.17) is 5.73 Å². The third-order valence-electron chi connectivity index (χ3n) is 2.64. The summed E-state index contributed by atoms with van der Waals surface area (Å²) in [6.45, 7) is 1.77. The van der Waals surface area contributed by atoms with Gasteiger partial charge in [-0.3, -0.25) is 14.9 Å². The summed E-state index contributed by atoms with van der Waals surface area (Å²) in [7, 11) is 0. The van der Waals surface area contributed by atoms with Crippen molar-refractivity contribution in [2.75, 3.05) is 11.1 Å². The summed E-state index contributed by atoms with van der Waals surface area (Å²) in [6.07, 6.45) is 2.52. The number of nitrogens with one attached hydrogen (secondary N) is 1. The van der Waals surface area contributed by atoms with Gasteiger partial charge in [-0.2, -0.15) is 0 Å². The molecule has 0 aliphatic carbocycles. The molecular weight excluding hydrogens is 342 g/mol. The van der Waals surface area contributed by atoms with Crippen LogP contribution >= 0.6 is 15.9 Å². The summed E-state index contributed by atoms with van der Waals surface area (Å²) in [5.74, 6) is -0.358. The van der Waals surface area contributed by atoms with Crippen LogP contribution in [0.1, 0.15) is 15.9 Å². The fourth-order valence-electron chi connectivity index (χ4n) is 1.59. The van der Waals surface area contributed by atoms with Crippen molar-refractivity contribution in [3.05, 3.63) is 50.2 Å². The van der Waals surface area contributed by atoms with E-state index in [-0.39, 0.29) is 17.1 Å². The van der Waals surface area contributed by atoms with E-state index in [9.17, 15) is 14.9 Å². The number of pyridine rings is 2. The van der Waals surface area contributed by atoms with Gasteiger partial charge in [0, 0.05) is 16.7 Å². The van der Waals surface area contributed by atoms with Crippen LogP contribution in [-0.2, 0) is 0 Å². The summed E-state index contributed by atoms with van der Waals surface area (Å²) < 4.78 is 0.773. The van der Waals surface area contributed by atoms with Crippen molar-refractivity contribution in [3.63, 3.8) is 0 Å². The number of carbonyl (C=O) groups excluding carboxylic acids is 1. The number of nitrogens with zero attached hydrogens (tertiary/aromatic N) is 3. The summed E-state index contributed by atoms with van der Waals surface area (Å²) >= 11 is 3.26. The van der Waals surface area contributed by atoms with Crippen LogP contribution in [0.4, 0.5) is 17.3 Å². The zero-order chi connectivity index (χ0) is 15.6. The minimum Gasteiger partial charge on any atom is -0.383 e. The number of anilines is 2. The Morgan fingerprint density at radius 1 is 1.38 bits per heavy atom. The fraction of sp³-hybridized carbons (Fsp3) is 0.0833. The first-order chi connectivity index (χ1) is 9.88. The first-order valence-electron chi connectivity index (χ1n) is 5.72. The molecule has 21 heavy (non-hydrogen) atoms. The molecule has 2 aromatic rings. The molecule has 2 rings (SSSR count). The molecule has 0 aliphatic rings. The lowest BCUT2D eigenvalue weighted by molar-refractivity contribution is -0.385. The maximum atomic E-state index is 12.1. The fourth-order valence-corrected chi connectivity index (χ4v) is 2.04. The third-order valence-corrected chi connectivity index (χ3v) is 3.07. The van der Waals surface area contributed by atoms with Gasteiger partial charge in [0.25, 0.3) is 11.6 Å². The Kier molecular flexibility index (Phi) is 4.13. The van der Waals surface area contributed by atoms with E-state index < -0.39 is 10.8 Å². The standard InChI is InChI=1S/C12H10BrN5O3/c1-6-2-7(13)4-16-11(6)17-12(19)9-3-8(18(20)21)5-15-10(9)14/h2-5H,1H3,(H2,14,15)(H,16,17,19). The molecule has 9 heteroatoms. The molecule has 2 heterocycles. The van der Waals surface area contributed by atoms with Crippen molar-refractivity contribution in [1.82, 2.24) is 9.97 Å². The second-order valence-corrected chi connectivity index (χ2v) is 5.07. The number of nitro groups is 1. The molecule has 3 N–H and O–H groups in total. The van der Waals surface area contributed by atoms with Crippen molar-refractivity contribution in [2.45, 2.75) is 6.92 Å². The number of hydrogen-bond acceptors (Lipinski definition) is 6. The highest BCUT2D eigenvalue weighted by atomic mass is 79.9. The molecule has 1 amide bonds. The molecule has 8 nitrogen and oxygen atoms in total. The molecule has 0 radical (unpaired) electrons. The van der Waals surface area contributed by atoms with Gasteiger partial charge in [0.2, 0.25) is 0 Å². The van der Waals surface area contributed by atoms with Gasteiger partial charge >= 0.3 is 0 Å². The van der Waals surface area contributed by atoms with E-state index in [0.29, 0.717) is 5.82 Å². The Hall–Kier alpha value is -2.55. The van der Waals surface area contributed by atoms with Crippen molar-refractivity contribution in [1.29, 1.82) is 0 Å². The molecule has 0 saturated carbocycles. The SMILES string of the molecule is Cc1cc(Br)cnc1NC(=O)c1cc([N+](=O)[O-])cnc1N. The molecule has 0 spiro atoms. The number of nitrogen functional groups attached to an aromatic ring is 1. The third kappa shape index (κ3) is 3.31. The van der Waals surface area contributed by atoms with Crippen LogP contribution in [0, 0.1) is 17.0 Å². The van der Waals surface area contributed by atoms with Gasteiger partial charge in [-0.25, -0.2) is 9.97 Å². The normalized spacial score (nSPS) is 10.2. The lowest BCUT2D eigenvalue weighted by Crippen LogP contribution is -2.16. The Labute approximate surface area is 127 Å². The number of amides is 1. The molecule has 0 bridgehead atoms. The quantitative estimate of drug-likeness (QED) is 0.645. The van der Waals surface area contributed by atoms with Crippen LogP contribution in [0.15, 0.2) is 29.0 Å². The summed E-state index contributed by atoms with van der Waals surface area (Å²) in [4.78, 5) is 29.9. The highest BCUT2D eigenvalue weighted by Crippen LogP contribution is 2.20. The average molecular weight is 352 g/mol. The van der Waals surface area contributed by atoms with Gasteiger partial charge < -0.3 is 11.1 Å². The van der Waals surface area contributed by atoms with Crippen LogP contribution in [0.5, 0.6) is 0 Å². The zero-order valence-electron chi connectivity index (χ0n) is 10.8. The van der Waals surface area contributed by atoms with Crippen molar-refractivity contribution in [2.24, 2.45) is 0 Å². The van der Waals surface area contributed by atoms with E-state index >= 15 is 0 Å². The topological polar surface area (TPSA) is 124 Å².